The van der Waals surface area contributed by atoms with E-state index in [1.54, 1.807) is 0 Å². The second-order valence-electron chi connectivity index (χ2n) is 9.50. The number of rotatable bonds is 3. The highest BCUT2D eigenvalue weighted by atomic mass is 31.2. The third-order valence-corrected chi connectivity index (χ3v) is 8.84. The Hall–Kier alpha value is -3.02. The van der Waals surface area contributed by atoms with Crippen LogP contribution >= 0.6 is 15.6 Å². The van der Waals surface area contributed by atoms with Crippen molar-refractivity contribution < 1.29 is 55.6 Å². The van der Waals surface area contributed by atoms with Gasteiger partial charge < -0.3 is 60.1 Å². The standard InChI is InChI=1S/C20H24FN7O13P2.2H3N/c1-35-15-13-9(39-19(15)27-3-2-10(29)26-20(27)30)5-37-43(33,34)41-14-11(21)8(4-36-42(31,32)40-13)38-18(14)28-7-25-12-16(22)23-6-24-17(12)28;;/h2-3,6-9,11,13-15,18-19H,4-5H2,1H3,(H,31,32)(H,33,34)(H2,22,23,24)(H,26,29,30);2*1H3/t8-,9-,11-,13-,14-,15-,18-,19-;;/m1../s1. The van der Waals surface area contributed by atoms with Crippen LogP contribution in [0.3, 0.4) is 0 Å². The van der Waals surface area contributed by atoms with E-state index in [-0.39, 0.29) is 29.3 Å². The fourth-order valence-electron chi connectivity index (χ4n) is 4.98. The zero-order valence-electron chi connectivity index (χ0n) is 23.7. The number of methoxy groups -OCH3 is 1. The molecular weight excluding hydrogens is 655 g/mol. The molecule has 11 N–H and O–H groups in total. The number of nitrogens with two attached hydrogens (primary N) is 1. The van der Waals surface area contributed by atoms with Gasteiger partial charge in [0.05, 0.1) is 19.5 Å². The van der Waals surface area contributed by atoms with Gasteiger partial charge in [-0.25, -0.2) is 24.1 Å². The van der Waals surface area contributed by atoms with Crippen LogP contribution in [0, 0.1) is 0 Å². The number of phosphoric acid groups is 2. The Labute approximate surface area is 250 Å². The van der Waals surface area contributed by atoms with Crippen molar-refractivity contribution in [3.63, 3.8) is 0 Å². The molecule has 25 heteroatoms. The number of imidazole rings is 1. The van der Waals surface area contributed by atoms with Gasteiger partial charge in [0.15, 0.2) is 30.1 Å². The van der Waals surface area contributed by atoms with Gasteiger partial charge >= 0.3 is 5.69 Å². The number of halogens is 1. The summed E-state index contributed by atoms with van der Waals surface area (Å²) in [4.78, 5) is 63.7. The number of anilines is 1. The maximum atomic E-state index is 15.6. The molecule has 10 atom stereocenters. The monoisotopic (exact) mass is 685 g/mol. The molecule has 0 saturated carbocycles. The van der Waals surface area contributed by atoms with E-state index >= 15 is 4.39 Å². The number of hydrogen-bond donors (Lipinski definition) is 4. The Morgan fingerprint density at radius 3 is 2.31 bits per heavy atom. The van der Waals surface area contributed by atoms with E-state index < -0.39 is 89.3 Å². The van der Waals surface area contributed by atoms with Gasteiger partial charge in [-0.15, -0.1) is 0 Å². The van der Waals surface area contributed by atoms with Gasteiger partial charge in [0.2, 0.25) is 0 Å². The van der Waals surface area contributed by atoms with Crippen molar-refractivity contribution in [3.8, 4) is 0 Å². The summed E-state index contributed by atoms with van der Waals surface area (Å²) in [5.41, 5.74) is 4.27. The van der Waals surface area contributed by atoms with Gasteiger partial charge in [0.1, 0.15) is 42.4 Å². The van der Waals surface area contributed by atoms with E-state index in [9.17, 15) is 28.5 Å². The third kappa shape index (κ3) is 6.62. The third-order valence-electron chi connectivity index (χ3n) is 6.90. The fourth-order valence-corrected chi connectivity index (χ4v) is 6.84. The molecule has 6 rings (SSSR count). The minimum Gasteiger partial charge on any atom is -0.756 e. The fraction of sp³-hybridized carbons (Fsp3) is 0.550. The summed E-state index contributed by atoms with van der Waals surface area (Å²) in [6.07, 6.45) is -10.2. The van der Waals surface area contributed by atoms with E-state index in [0.717, 1.165) is 41.2 Å². The molecule has 45 heavy (non-hydrogen) atoms. The van der Waals surface area contributed by atoms with E-state index in [0.29, 0.717) is 0 Å². The summed E-state index contributed by atoms with van der Waals surface area (Å²) in [5, 5.41) is 0. The Morgan fingerprint density at radius 2 is 1.64 bits per heavy atom. The molecule has 3 aromatic rings. The van der Waals surface area contributed by atoms with Gasteiger partial charge in [-0.1, -0.05) is 0 Å². The molecule has 0 spiro atoms. The highest BCUT2D eigenvalue weighted by molar-refractivity contribution is 7.46. The molecule has 3 aliphatic heterocycles. The van der Waals surface area contributed by atoms with Gasteiger partial charge in [0, 0.05) is 19.4 Å². The van der Waals surface area contributed by atoms with Crippen LogP contribution in [0.15, 0.2) is 34.5 Å². The number of ether oxygens (including phenoxy) is 3. The van der Waals surface area contributed by atoms with Crippen molar-refractivity contribution in [1.82, 2.24) is 41.4 Å². The quantitative estimate of drug-likeness (QED) is 0.231. The summed E-state index contributed by atoms with van der Waals surface area (Å²) >= 11 is 0. The van der Waals surface area contributed by atoms with Crippen LogP contribution in [-0.2, 0) is 41.4 Å². The topological polar surface area (TPSA) is 342 Å². The first-order valence-electron chi connectivity index (χ1n) is 12.4. The van der Waals surface area contributed by atoms with Crippen LogP contribution in [0.4, 0.5) is 10.2 Å². The van der Waals surface area contributed by atoms with Crippen LogP contribution in [0.5, 0.6) is 0 Å². The summed E-state index contributed by atoms with van der Waals surface area (Å²) in [6.45, 7) is -1.90. The van der Waals surface area contributed by atoms with E-state index in [1.807, 2.05) is 4.98 Å². The number of quaternary nitrogens is 2. The van der Waals surface area contributed by atoms with Crippen LogP contribution in [-0.4, -0.2) is 86.1 Å². The SMILES string of the molecule is CO[C@@H]1[C@@H]2OP(=O)([O-])OC[C@H]3O[C@@H](n4cnc5c(N)ncnc54)[C@H](OP(=O)([O-])OC[C@H]2O[C@H]1n1ccc(=O)[nH]c1=O)[C@@H]3F.[NH4+].[NH4+]. The Balaban J connectivity index is 0.00000230. The molecule has 3 fully saturated rings. The average molecular weight is 685 g/mol. The number of nitrogens with one attached hydrogen (secondary N) is 1. The molecule has 0 amide bonds. The molecule has 2 bridgehead atoms. The van der Waals surface area contributed by atoms with Gasteiger partial charge in [-0.3, -0.25) is 28.0 Å². The highest BCUT2D eigenvalue weighted by Gasteiger charge is 2.52. The average Bonchev–Trinajstić information content (AvgIpc) is 3.60. The number of hydrogen-bond acceptors (Lipinski definition) is 17. The molecule has 22 nitrogen and oxygen atoms in total. The molecule has 3 aliphatic rings. The number of H-pyrrole nitrogens is 1. The van der Waals surface area contributed by atoms with Crippen LogP contribution < -0.4 is 39.1 Å². The van der Waals surface area contributed by atoms with Crippen molar-refractivity contribution in [2.75, 3.05) is 26.1 Å². The number of alkyl halides is 1. The minimum absolute atomic E-state index is 0. The summed E-state index contributed by atoms with van der Waals surface area (Å²) < 4.78 is 80.4. The maximum Gasteiger partial charge on any atom is 0.330 e. The largest absolute Gasteiger partial charge is 0.756 e. The van der Waals surface area contributed by atoms with Gasteiger partial charge in [-0.2, -0.15) is 0 Å². The second-order valence-corrected chi connectivity index (χ2v) is 12.2. The maximum absolute atomic E-state index is 15.6. The number of aromatic nitrogens is 6. The molecule has 250 valence electrons. The zero-order valence-corrected chi connectivity index (χ0v) is 25.5. The van der Waals surface area contributed by atoms with Crippen molar-refractivity contribution in [1.29, 1.82) is 0 Å². The minimum atomic E-state index is -5.40. The van der Waals surface area contributed by atoms with Crippen molar-refractivity contribution in [2.45, 2.75) is 49.1 Å². The summed E-state index contributed by atoms with van der Waals surface area (Å²) in [6, 6.07) is 0.994. The molecule has 3 aromatic heterocycles. The highest BCUT2D eigenvalue weighted by Crippen LogP contribution is 2.51. The second kappa shape index (κ2) is 13.0. The number of nitrogen functional groups attached to an aromatic ring is 1. The van der Waals surface area contributed by atoms with Crippen molar-refractivity contribution >= 4 is 32.6 Å². The molecular formula is C20H30FN9O13P2. The number of phosphoric ester groups is 2. The lowest BCUT2D eigenvalue weighted by atomic mass is 10.1. The molecule has 0 aromatic carbocycles. The number of aromatic amines is 1. The number of nitrogens with zero attached hydrogens (tertiary/aromatic N) is 5. The summed E-state index contributed by atoms with van der Waals surface area (Å²) in [7, 11) is -9.59. The molecule has 0 radical (unpaired) electrons. The lowest BCUT2D eigenvalue weighted by Gasteiger charge is -2.32. The predicted molar refractivity (Wildman–Crippen MR) is 143 cm³/mol. The smallest absolute Gasteiger partial charge is 0.330 e. The molecule has 2 unspecified atom stereocenters. The first-order valence-corrected chi connectivity index (χ1v) is 15.3. The lowest BCUT2D eigenvalue weighted by Crippen LogP contribution is -2.40. The Morgan fingerprint density at radius 1 is 1.00 bits per heavy atom. The first-order chi connectivity index (χ1) is 20.4. The van der Waals surface area contributed by atoms with E-state index in [1.165, 1.54) is 0 Å². The number of fused-ring (bicyclic) bond motifs is 4. The van der Waals surface area contributed by atoms with E-state index in [4.69, 9.17) is 38.0 Å². The van der Waals surface area contributed by atoms with E-state index in [2.05, 4.69) is 15.0 Å². The summed E-state index contributed by atoms with van der Waals surface area (Å²) in [5.74, 6) is -0.0248. The molecule has 0 aliphatic carbocycles. The van der Waals surface area contributed by atoms with Gasteiger partial charge in [-0.05, 0) is 0 Å². The Bertz CT molecular complexity index is 1740. The predicted octanol–water partition coefficient (Wildman–Crippen LogP) is -1.39. The van der Waals surface area contributed by atoms with Crippen LogP contribution in [0.1, 0.15) is 12.5 Å². The molecule has 6 heterocycles. The zero-order chi connectivity index (χ0) is 30.7. The van der Waals surface area contributed by atoms with Crippen molar-refractivity contribution in [2.24, 2.45) is 0 Å². The van der Waals surface area contributed by atoms with Crippen LogP contribution in [0.2, 0.25) is 0 Å². The normalized spacial score (nSPS) is 37.0. The van der Waals surface area contributed by atoms with Crippen molar-refractivity contribution in [3.05, 3.63) is 45.8 Å². The van der Waals surface area contributed by atoms with Gasteiger partial charge in [0.25, 0.3) is 21.2 Å². The lowest BCUT2D eigenvalue weighted by molar-refractivity contribution is -0.240. The molecule has 3 saturated heterocycles. The van der Waals surface area contributed by atoms with Crippen LogP contribution in [0.25, 0.3) is 11.2 Å². The first kappa shape index (κ1) is 34.8. The Kier molecular flexibility index (Phi) is 10.1.